The molecule has 240 valence electrons. The summed E-state index contributed by atoms with van der Waals surface area (Å²) in [4.78, 5) is 30.8. The van der Waals surface area contributed by atoms with Crippen LogP contribution in [0.4, 0.5) is 15.3 Å². The van der Waals surface area contributed by atoms with E-state index in [0.29, 0.717) is 31.2 Å². The molecule has 0 aliphatic carbocycles. The zero-order valence-corrected chi connectivity index (χ0v) is 28.4. The van der Waals surface area contributed by atoms with Crippen LogP contribution in [0.5, 0.6) is 5.75 Å². The van der Waals surface area contributed by atoms with Crippen molar-refractivity contribution in [2.45, 2.75) is 98.9 Å². The van der Waals surface area contributed by atoms with E-state index in [1.54, 1.807) is 9.80 Å². The third-order valence-electron chi connectivity index (χ3n) is 7.01. The number of hydrogen-bond donors (Lipinski definition) is 1. The number of nitrogens with zero attached hydrogens (tertiary/aromatic N) is 2. The number of aryl methyl sites for hydroxylation is 1. The van der Waals surface area contributed by atoms with E-state index in [-0.39, 0.29) is 12.2 Å². The summed E-state index contributed by atoms with van der Waals surface area (Å²) >= 11 is 5.40. The number of thiocarbonyl (C=S) groups is 1. The fraction of sp³-hybridized carbons (Fsp3) is 0.417. The summed E-state index contributed by atoms with van der Waals surface area (Å²) in [7, 11) is 0. The molecule has 2 amide bonds. The van der Waals surface area contributed by atoms with Crippen LogP contribution in [0.1, 0.15) is 76.3 Å². The molecule has 1 unspecified atom stereocenters. The molecule has 0 radical (unpaired) electrons. The number of rotatable bonds is 8. The van der Waals surface area contributed by atoms with Crippen molar-refractivity contribution in [3.05, 3.63) is 94.5 Å². The standard InChI is InChI=1S/C36H45N3O5S/c1-24-12-9-10-15-29(24)23-39(34(41)44-36(6,7)8)21-27-14-11-13-26(18-27)20-38(33(40)43-35(3,4)5)22-28-16-17-31-30(19-28)37-32(45)25(2)42-31/h9-19,25H,20-23H2,1-8H3,(H,37,45). The fourth-order valence-electron chi connectivity index (χ4n) is 4.86. The summed E-state index contributed by atoms with van der Waals surface area (Å²) in [5.41, 5.74) is 4.38. The summed E-state index contributed by atoms with van der Waals surface area (Å²) in [6, 6.07) is 21.7. The number of hydrogen-bond acceptors (Lipinski definition) is 6. The molecule has 8 nitrogen and oxygen atoms in total. The number of fused-ring (bicyclic) bond motifs is 1. The molecule has 1 N–H and O–H groups in total. The van der Waals surface area contributed by atoms with Crippen molar-refractivity contribution in [2.24, 2.45) is 0 Å². The number of anilines is 1. The van der Waals surface area contributed by atoms with E-state index >= 15 is 0 Å². The Bertz CT molecular complexity index is 1540. The van der Waals surface area contributed by atoms with Crippen LogP contribution in [-0.4, -0.2) is 44.3 Å². The average molecular weight is 632 g/mol. The first-order valence-electron chi connectivity index (χ1n) is 15.2. The van der Waals surface area contributed by atoms with E-state index in [1.807, 2.05) is 122 Å². The minimum absolute atomic E-state index is 0.202. The van der Waals surface area contributed by atoms with Gasteiger partial charge in [-0.25, -0.2) is 9.59 Å². The lowest BCUT2D eigenvalue weighted by molar-refractivity contribution is 0.0210. The zero-order valence-electron chi connectivity index (χ0n) is 27.6. The summed E-state index contributed by atoms with van der Waals surface area (Å²) in [6.07, 6.45) is -1.01. The predicted molar refractivity (Wildman–Crippen MR) is 181 cm³/mol. The first-order valence-corrected chi connectivity index (χ1v) is 15.7. The maximum atomic E-state index is 13.4. The monoisotopic (exact) mass is 631 g/mol. The van der Waals surface area contributed by atoms with Gasteiger partial charge in [0.25, 0.3) is 0 Å². The largest absolute Gasteiger partial charge is 0.481 e. The zero-order chi connectivity index (χ0) is 32.9. The predicted octanol–water partition coefficient (Wildman–Crippen LogP) is 8.39. The van der Waals surface area contributed by atoms with Crippen molar-refractivity contribution in [3.8, 4) is 5.75 Å². The van der Waals surface area contributed by atoms with Gasteiger partial charge in [-0.05, 0) is 95.3 Å². The summed E-state index contributed by atoms with van der Waals surface area (Å²) in [5, 5.41) is 3.24. The van der Waals surface area contributed by atoms with Gasteiger partial charge < -0.3 is 19.5 Å². The molecule has 0 spiro atoms. The molecule has 45 heavy (non-hydrogen) atoms. The van der Waals surface area contributed by atoms with Gasteiger partial charge in [-0.1, -0.05) is 66.8 Å². The number of carbonyl (C=O) groups is 2. The molecule has 0 saturated heterocycles. The Morgan fingerprint density at radius 2 is 1.31 bits per heavy atom. The van der Waals surface area contributed by atoms with Crippen molar-refractivity contribution in [1.82, 2.24) is 9.80 Å². The smallest absolute Gasteiger partial charge is 0.410 e. The van der Waals surface area contributed by atoms with E-state index < -0.39 is 17.3 Å². The Balaban J connectivity index is 1.57. The van der Waals surface area contributed by atoms with Crippen LogP contribution >= 0.6 is 12.2 Å². The molecule has 0 bridgehead atoms. The van der Waals surface area contributed by atoms with E-state index in [9.17, 15) is 9.59 Å². The van der Waals surface area contributed by atoms with Crippen molar-refractivity contribution in [1.29, 1.82) is 0 Å². The normalized spacial score (nSPS) is 14.5. The van der Waals surface area contributed by atoms with Crippen LogP contribution in [0.2, 0.25) is 0 Å². The van der Waals surface area contributed by atoms with E-state index in [2.05, 4.69) is 5.32 Å². The van der Waals surface area contributed by atoms with Gasteiger partial charge in [0.1, 0.15) is 28.0 Å². The van der Waals surface area contributed by atoms with Crippen LogP contribution in [0.3, 0.4) is 0 Å². The lowest BCUT2D eigenvalue weighted by Crippen LogP contribution is -2.37. The first kappa shape index (κ1) is 33.8. The van der Waals surface area contributed by atoms with Crippen molar-refractivity contribution in [2.75, 3.05) is 5.32 Å². The van der Waals surface area contributed by atoms with Gasteiger partial charge >= 0.3 is 12.2 Å². The fourth-order valence-corrected chi connectivity index (χ4v) is 5.02. The van der Waals surface area contributed by atoms with Crippen LogP contribution < -0.4 is 10.1 Å². The molecule has 3 aromatic carbocycles. The quantitative estimate of drug-likeness (QED) is 0.250. The average Bonchev–Trinajstić information content (AvgIpc) is 2.92. The molecule has 9 heteroatoms. The number of amides is 2. The molecule has 1 atom stereocenters. The number of nitrogens with one attached hydrogen (secondary N) is 1. The second-order valence-electron chi connectivity index (χ2n) is 13.5. The second-order valence-corrected chi connectivity index (χ2v) is 13.9. The number of ether oxygens (including phenoxy) is 3. The Labute approximate surface area is 272 Å². The van der Waals surface area contributed by atoms with E-state index in [1.165, 1.54) is 0 Å². The molecule has 1 aliphatic rings. The third-order valence-corrected chi connectivity index (χ3v) is 7.45. The Morgan fingerprint density at radius 3 is 1.87 bits per heavy atom. The molecule has 1 heterocycles. The van der Waals surface area contributed by atoms with Crippen LogP contribution in [0.25, 0.3) is 0 Å². The topological polar surface area (TPSA) is 80.3 Å². The van der Waals surface area contributed by atoms with Crippen molar-refractivity contribution >= 4 is 35.1 Å². The third kappa shape index (κ3) is 9.94. The molecule has 0 fully saturated rings. The summed E-state index contributed by atoms with van der Waals surface area (Å²) < 4.78 is 17.5. The lowest BCUT2D eigenvalue weighted by Gasteiger charge is -2.29. The highest BCUT2D eigenvalue weighted by Gasteiger charge is 2.26. The highest BCUT2D eigenvalue weighted by atomic mass is 32.1. The van der Waals surface area contributed by atoms with Crippen molar-refractivity contribution < 1.29 is 23.8 Å². The van der Waals surface area contributed by atoms with E-state index in [0.717, 1.165) is 39.3 Å². The number of carbonyl (C=O) groups excluding carboxylic acids is 2. The van der Waals surface area contributed by atoms with Crippen molar-refractivity contribution in [3.63, 3.8) is 0 Å². The molecule has 1 aliphatic heterocycles. The maximum absolute atomic E-state index is 13.4. The highest BCUT2D eigenvalue weighted by molar-refractivity contribution is 7.80. The Hall–Kier alpha value is -4.11. The molecule has 3 aromatic rings. The lowest BCUT2D eigenvalue weighted by atomic mass is 10.1. The summed E-state index contributed by atoms with van der Waals surface area (Å²) in [5.74, 6) is 0.719. The van der Waals surface area contributed by atoms with Gasteiger partial charge in [0.05, 0.1) is 5.69 Å². The molecular formula is C36H45N3O5S. The minimum atomic E-state index is -0.658. The highest BCUT2D eigenvalue weighted by Crippen LogP contribution is 2.31. The van der Waals surface area contributed by atoms with Gasteiger partial charge in [0.2, 0.25) is 0 Å². The SMILES string of the molecule is Cc1ccccc1CN(Cc1cccc(CN(Cc2ccc3c(c2)NC(=S)C(C)O3)C(=O)OC(C)(C)C)c1)C(=O)OC(C)(C)C. The van der Waals surface area contributed by atoms with Gasteiger partial charge in [-0.2, -0.15) is 0 Å². The van der Waals surface area contributed by atoms with Crippen LogP contribution in [0.15, 0.2) is 66.7 Å². The van der Waals surface area contributed by atoms with Gasteiger partial charge in [-0.3, -0.25) is 9.80 Å². The molecule has 0 saturated carbocycles. The van der Waals surface area contributed by atoms with Gasteiger partial charge in [0.15, 0.2) is 0 Å². The van der Waals surface area contributed by atoms with Gasteiger partial charge in [0, 0.05) is 26.2 Å². The minimum Gasteiger partial charge on any atom is -0.481 e. The number of benzene rings is 3. The van der Waals surface area contributed by atoms with Gasteiger partial charge in [-0.15, -0.1) is 0 Å². The van der Waals surface area contributed by atoms with Crippen LogP contribution in [-0.2, 0) is 35.7 Å². The molecule has 0 aromatic heterocycles. The molecular weight excluding hydrogens is 586 g/mol. The molecule has 4 rings (SSSR count). The summed E-state index contributed by atoms with van der Waals surface area (Å²) in [6.45, 7) is 16.5. The second kappa shape index (κ2) is 13.9. The first-order chi connectivity index (χ1) is 21.1. The van der Waals surface area contributed by atoms with Crippen LogP contribution in [0, 0.1) is 6.92 Å². The Morgan fingerprint density at radius 1 is 0.778 bits per heavy atom. The maximum Gasteiger partial charge on any atom is 0.410 e. The van der Waals surface area contributed by atoms with E-state index in [4.69, 9.17) is 26.4 Å². The Kier molecular flexibility index (Phi) is 10.4.